The largest absolute Gasteiger partial charge is 0.418 e. The van der Waals surface area contributed by atoms with E-state index in [1.54, 1.807) is 6.07 Å². The van der Waals surface area contributed by atoms with Crippen molar-refractivity contribution in [1.82, 2.24) is 24.2 Å². The quantitative estimate of drug-likeness (QED) is 0.312. The number of quaternary nitrogens is 1. The van der Waals surface area contributed by atoms with Crippen molar-refractivity contribution in [1.29, 1.82) is 0 Å². The van der Waals surface area contributed by atoms with E-state index in [0.717, 1.165) is 46.8 Å². The van der Waals surface area contributed by atoms with Gasteiger partial charge in [0.1, 0.15) is 12.8 Å². The number of benzene rings is 1. The SMILES string of the molecule is CN1CN[N+]2(CCCCCC2)C1CC1(c2cccc(-n3cc4c(C(F)(F)F)cc(CN5CCC(F)CC5)cn4c3=O)c2)COC1. The molecule has 3 aromatic rings. The number of pyridine rings is 1. The zero-order chi connectivity index (χ0) is 31.4. The third-order valence-electron chi connectivity index (χ3n) is 10.7. The number of alkyl halides is 4. The molecular formula is C33H43F4N6O2+. The molecule has 0 bridgehead atoms. The summed E-state index contributed by atoms with van der Waals surface area (Å²) in [6, 6.07) is 8.80. The standard InChI is InChI=1S/C33H43F4N6O2/c1-39-23-38-43(13-4-2-3-5-14-43)30(39)17-32(21-45-22-32)25-7-6-8-27(16-25)41-20-29-28(33(35,36)37)15-24(19-42(29)31(41)44)18-40-11-9-26(34)10-12-40/h6-8,15-16,19-20,26,30,38H,2-5,9-14,17-18,21-23H2,1H3/q+1. The fourth-order valence-electron chi connectivity index (χ4n) is 8.03. The smallest absolute Gasteiger partial charge is 0.379 e. The number of likely N-dealkylation sites (tertiary alicyclic amines) is 1. The maximum absolute atomic E-state index is 14.3. The Kier molecular flexibility index (Phi) is 8.09. The van der Waals surface area contributed by atoms with Crippen LogP contribution in [0, 0.1) is 0 Å². The summed E-state index contributed by atoms with van der Waals surface area (Å²) in [6.45, 7) is 5.32. The number of piperidine rings is 1. The maximum atomic E-state index is 14.3. The van der Waals surface area contributed by atoms with E-state index in [1.165, 1.54) is 42.6 Å². The molecule has 45 heavy (non-hydrogen) atoms. The zero-order valence-corrected chi connectivity index (χ0v) is 25.9. The molecule has 0 aliphatic carbocycles. The van der Waals surface area contributed by atoms with Gasteiger partial charge in [-0.15, -0.1) is 0 Å². The summed E-state index contributed by atoms with van der Waals surface area (Å²) in [4.78, 5) is 18.1. The van der Waals surface area contributed by atoms with Crippen LogP contribution in [0.2, 0.25) is 0 Å². The van der Waals surface area contributed by atoms with Gasteiger partial charge in [0, 0.05) is 43.9 Å². The first-order chi connectivity index (χ1) is 21.6. The Hall–Kier alpha value is -2.77. The van der Waals surface area contributed by atoms with E-state index < -0.39 is 23.6 Å². The number of imidazole rings is 1. The van der Waals surface area contributed by atoms with Gasteiger partial charge in [0.2, 0.25) is 0 Å². The number of nitrogens with one attached hydrogen (secondary N) is 1. The number of halogens is 4. The summed E-state index contributed by atoms with van der Waals surface area (Å²) in [5.41, 5.74) is 3.92. The van der Waals surface area contributed by atoms with Crippen LogP contribution in [-0.4, -0.2) is 88.8 Å². The number of aromatic nitrogens is 2. The van der Waals surface area contributed by atoms with Gasteiger partial charge in [-0.25, -0.2) is 18.7 Å². The molecule has 244 valence electrons. The lowest BCUT2D eigenvalue weighted by molar-refractivity contribution is -0.983. The van der Waals surface area contributed by atoms with E-state index in [9.17, 15) is 22.4 Å². The molecule has 1 atom stereocenters. The predicted octanol–water partition coefficient (Wildman–Crippen LogP) is 4.83. The van der Waals surface area contributed by atoms with Gasteiger partial charge >= 0.3 is 11.9 Å². The highest BCUT2D eigenvalue weighted by molar-refractivity contribution is 5.58. The van der Waals surface area contributed by atoms with E-state index in [2.05, 4.69) is 23.4 Å². The van der Waals surface area contributed by atoms with Crippen molar-refractivity contribution in [2.24, 2.45) is 0 Å². The maximum Gasteiger partial charge on any atom is 0.418 e. The van der Waals surface area contributed by atoms with E-state index in [4.69, 9.17) is 4.74 Å². The third kappa shape index (κ3) is 5.73. The second kappa shape index (κ2) is 11.8. The van der Waals surface area contributed by atoms with Gasteiger partial charge in [-0.2, -0.15) is 18.6 Å². The molecule has 4 saturated heterocycles. The predicted molar refractivity (Wildman–Crippen MR) is 163 cm³/mol. The minimum atomic E-state index is -4.64. The summed E-state index contributed by atoms with van der Waals surface area (Å²) in [5.74, 6) is 0. The van der Waals surface area contributed by atoms with Crippen LogP contribution in [0.15, 0.2) is 47.5 Å². The van der Waals surface area contributed by atoms with Crippen molar-refractivity contribution < 1.29 is 26.9 Å². The number of rotatable bonds is 6. The van der Waals surface area contributed by atoms with Gasteiger partial charge < -0.3 is 4.74 Å². The van der Waals surface area contributed by atoms with Crippen molar-refractivity contribution in [2.45, 2.75) is 75.4 Å². The van der Waals surface area contributed by atoms with Crippen LogP contribution in [0.5, 0.6) is 0 Å². The van der Waals surface area contributed by atoms with Crippen molar-refractivity contribution in [3.8, 4) is 5.69 Å². The topological polar surface area (TPSA) is 54.2 Å². The van der Waals surface area contributed by atoms with E-state index >= 15 is 0 Å². The first-order valence-corrected chi connectivity index (χ1v) is 16.3. The summed E-state index contributed by atoms with van der Waals surface area (Å²) in [7, 11) is 2.17. The first kappa shape index (κ1) is 30.9. The van der Waals surface area contributed by atoms with Gasteiger partial charge in [-0.1, -0.05) is 12.1 Å². The Labute approximate surface area is 260 Å². The van der Waals surface area contributed by atoms with Crippen molar-refractivity contribution in [3.63, 3.8) is 0 Å². The van der Waals surface area contributed by atoms with Gasteiger partial charge in [0.25, 0.3) is 0 Å². The van der Waals surface area contributed by atoms with Crippen LogP contribution < -0.4 is 11.1 Å². The van der Waals surface area contributed by atoms with E-state index in [-0.39, 0.29) is 23.6 Å². The van der Waals surface area contributed by atoms with Crippen LogP contribution in [0.4, 0.5) is 17.6 Å². The van der Waals surface area contributed by atoms with Crippen molar-refractivity contribution in [3.05, 3.63) is 69.9 Å². The number of nitrogens with zero attached hydrogens (tertiary/aromatic N) is 5. The fraction of sp³-hybridized carbons (Fsp3) is 0.606. The molecule has 8 nitrogen and oxygen atoms in total. The monoisotopic (exact) mass is 631 g/mol. The van der Waals surface area contributed by atoms with E-state index in [1.807, 2.05) is 17.0 Å². The highest BCUT2D eigenvalue weighted by Crippen LogP contribution is 2.42. The summed E-state index contributed by atoms with van der Waals surface area (Å²) < 4.78 is 65.8. The molecule has 7 rings (SSSR count). The number of fused-ring (bicyclic) bond motifs is 1. The molecular weight excluding hydrogens is 588 g/mol. The highest BCUT2D eigenvalue weighted by Gasteiger charge is 2.52. The Balaban J connectivity index is 1.22. The molecule has 0 saturated carbocycles. The lowest BCUT2D eigenvalue weighted by Gasteiger charge is -2.47. The Morgan fingerprint density at radius 1 is 1.04 bits per heavy atom. The fourth-order valence-corrected chi connectivity index (χ4v) is 8.03. The Bertz CT molecular complexity index is 1580. The summed E-state index contributed by atoms with van der Waals surface area (Å²) in [6.07, 6.45) is 4.07. The van der Waals surface area contributed by atoms with Crippen LogP contribution in [0.25, 0.3) is 11.2 Å². The number of hydrogen-bond acceptors (Lipinski definition) is 5. The van der Waals surface area contributed by atoms with Crippen LogP contribution in [0.1, 0.15) is 61.6 Å². The van der Waals surface area contributed by atoms with Gasteiger partial charge in [-0.3, -0.25) is 13.9 Å². The van der Waals surface area contributed by atoms with Crippen LogP contribution in [0.3, 0.4) is 0 Å². The first-order valence-electron chi connectivity index (χ1n) is 16.3. The molecule has 0 amide bonds. The molecule has 12 heteroatoms. The second-order valence-electron chi connectivity index (χ2n) is 13.7. The van der Waals surface area contributed by atoms with Crippen LogP contribution in [-0.2, 0) is 22.9 Å². The van der Waals surface area contributed by atoms with Gasteiger partial charge in [0.15, 0.2) is 6.17 Å². The van der Waals surface area contributed by atoms with Crippen LogP contribution >= 0.6 is 0 Å². The zero-order valence-electron chi connectivity index (χ0n) is 25.9. The minimum absolute atomic E-state index is 0.183. The van der Waals surface area contributed by atoms with Crippen molar-refractivity contribution >= 4 is 5.52 Å². The average molecular weight is 632 g/mol. The lowest BCUT2D eigenvalue weighted by atomic mass is 9.74. The molecule has 4 aliphatic heterocycles. The summed E-state index contributed by atoms with van der Waals surface area (Å²) in [5, 5.41) is 0. The average Bonchev–Trinajstić information content (AvgIpc) is 3.35. The molecule has 4 aliphatic rings. The minimum Gasteiger partial charge on any atom is -0.379 e. The Morgan fingerprint density at radius 2 is 1.78 bits per heavy atom. The molecule has 1 aromatic carbocycles. The molecule has 1 spiro atoms. The Morgan fingerprint density at radius 3 is 2.44 bits per heavy atom. The molecule has 4 fully saturated rings. The normalized spacial score (nSPS) is 24.7. The highest BCUT2D eigenvalue weighted by atomic mass is 19.4. The molecule has 6 heterocycles. The molecule has 2 aromatic heterocycles. The van der Waals surface area contributed by atoms with E-state index in [0.29, 0.717) is 50.4 Å². The number of hydrogen-bond donors (Lipinski definition) is 1. The lowest BCUT2D eigenvalue weighted by Crippen LogP contribution is -2.63. The molecule has 1 N–H and O–H groups in total. The summed E-state index contributed by atoms with van der Waals surface area (Å²) >= 11 is 0. The van der Waals surface area contributed by atoms with Gasteiger partial charge in [0.05, 0.1) is 43.1 Å². The van der Waals surface area contributed by atoms with Crippen molar-refractivity contribution in [2.75, 3.05) is 53.1 Å². The molecule has 0 radical (unpaired) electrons. The molecule has 1 unspecified atom stereocenters. The number of ether oxygens (including phenoxy) is 1. The second-order valence-corrected chi connectivity index (χ2v) is 13.7. The third-order valence-corrected chi connectivity index (χ3v) is 10.7. The van der Waals surface area contributed by atoms with Gasteiger partial charge in [-0.05, 0) is 74.9 Å².